The smallest absolute Gasteiger partial charge is 0.426 e. The van der Waals surface area contributed by atoms with E-state index in [1.165, 1.54) is 10.7 Å². The maximum Gasteiger partial charge on any atom is 0.434 e. The summed E-state index contributed by atoms with van der Waals surface area (Å²) in [5.41, 5.74) is 8.52. The van der Waals surface area contributed by atoms with Crippen LogP contribution in [-0.4, -0.2) is 57.3 Å². The van der Waals surface area contributed by atoms with E-state index in [0.717, 1.165) is 11.1 Å². The molecule has 2 aliphatic heterocycles. The third-order valence-electron chi connectivity index (χ3n) is 5.74. The van der Waals surface area contributed by atoms with Gasteiger partial charge in [-0.05, 0) is 31.7 Å². The van der Waals surface area contributed by atoms with E-state index in [1.807, 2.05) is 0 Å². The highest BCUT2D eigenvalue weighted by Gasteiger charge is 2.60. The third kappa shape index (κ3) is 4.42. The quantitative estimate of drug-likeness (QED) is 0.658. The van der Waals surface area contributed by atoms with Crippen LogP contribution >= 0.6 is 0 Å². The van der Waals surface area contributed by atoms with Crippen molar-refractivity contribution in [3.63, 3.8) is 0 Å². The first-order valence-corrected chi connectivity index (χ1v) is 9.97. The lowest BCUT2D eigenvalue weighted by Crippen LogP contribution is -2.49. The summed E-state index contributed by atoms with van der Waals surface area (Å²) in [4.78, 5) is 16.8. The van der Waals surface area contributed by atoms with E-state index in [1.54, 1.807) is 0 Å². The lowest BCUT2D eigenvalue weighted by atomic mass is 9.92. The maximum atomic E-state index is 13.5. The van der Waals surface area contributed by atoms with Crippen molar-refractivity contribution >= 4 is 11.8 Å². The largest absolute Gasteiger partial charge is 0.434 e. The molecule has 4 rings (SSSR count). The number of piperidine rings is 1. The van der Waals surface area contributed by atoms with Crippen LogP contribution in [0.4, 0.5) is 41.2 Å². The Morgan fingerprint density at radius 3 is 2.36 bits per heavy atom. The van der Waals surface area contributed by atoms with Crippen molar-refractivity contribution in [2.45, 2.75) is 50.1 Å². The van der Waals surface area contributed by atoms with Crippen molar-refractivity contribution < 1.29 is 40.3 Å². The summed E-state index contributed by atoms with van der Waals surface area (Å²) in [7, 11) is 0. The molecule has 2 aromatic rings. The van der Waals surface area contributed by atoms with E-state index >= 15 is 0 Å². The summed E-state index contributed by atoms with van der Waals surface area (Å²) in [5.74, 6) is -0.311. The highest BCUT2D eigenvalue weighted by atomic mass is 19.4. The molecule has 0 saturated carbocycles. The van der Waals surface area contributed by atoms with Crippen LogP contribution in [0, 0.1) is 5.82 Å². The Labute approximate surface area is 182 Å². The van der Waals surface area contributed by atoms with Gasteiger partial charge in [0.05, 0.1) is 23.3 Å². The normalized spacial score (nSPS) is 17.2. The van der Waals surface area contributed by atoms with Crippen LogP contribution in [0.1, 0.15) is 35.7 Å². The van der Waals surface area contributed by atoms with Crippen molar-refractivity contribution in [1.82, 2.24) is 19.7 Å². The Morgan fingerprint density at radius 1 is 1.12 bits per heavy atom. The number of alkyl halides is 6. The number of hydrogen-bond donors (Lipinski definition) is 1. The number of halogens is 7. The number of aromatic nitrogens is 3. The molecule has 1 saturated heterocycles. The molecule has 0 spiro atoms. The Bertz CT molecular complexity index is 1040. The van der Waals surface area contributed by atoms with Gasteiger partial charge in [-0.15, -0.1) is 0 Å². The number of hydrogen-bond acceptors (Lipinski definition) is 5. The number of fused-ring (bicyclic) bond motifs is 3. The monoisotopic (exact) mass is 481 g/mol. The van der Waals surface area contributed by atoms with Gasteiger partial charge in [-0.25, -0.2) is 18.9 Å². The summed E-state index contributed by atoms with van der Waals surface area (Å²) < 4.78 is 94.6. The fourth-order valence-electron chi connectivity index (χ4n) is 4.13. The molecule has 1 fully saturated rings. The van der Waals surface area contributed by atoms with E-state index in [0.29, 0.717) is 41.3 Å². The molecule has 0 aromatic carbocycles. The number of rotatable bonds is 2. The molecule has 7 nitrogen and oxygen atoms in total. The van der Waals surface area contributed by atoms with Crippen LogP contribution in [0.3, 0.4) is 0 Å². The minimum Gasteiger partial charge on any atom is -0.426 e. The third-order valence-corrected chi connectivity index (χ3v) is 5.74. The summed E-state index contributed by atoms with van der Waals surface area (Å²) in [5, 5.41) is 4.50. The average molecular weight is 481 g/mol. The highest BCUT2D eigenvalue weighted by Crippen LogP contribution is 2.38. The topological polar surface area (TPSA) is 86.3 Å². The molecular formula is C19H18F7N5O2. The number of carbonyl (C=O) groups excluding carboxylic acids is 1. The second kappa shape index (κ2) is 8.06. The van der Waals surface area contributed by atoms with E-state index in [-0.39, 0.29) is 31.8 Å². The number of likely N-dealkylation sites (tertiary alicyclic amines) is 1. The predicted molar refractivity (Wildman–Crippen MR) is 99.1 cm³/mol. The predicted octanol–water partition coefficient (Wildman–Crippen LogP) is 3.90. The van der Waals surface area contributed by atoms with Gasteiger partial charge in [-0.3, -0.25) is 0 Å². The number of pyridine rings is 1. The van der Waals surface area contributed by atoms with Crippen molar-refractivity contribution in [2.75, 3.05) is 18.8 Å². The molecule has 2 N–H and O–H groups in total. The minimum absolute atomic E-state index is 0.131. The first-order valence-electron chi connectivity index (χ1n) is 9.97. The lowest BCUT2D eigenvalue weighted by Gasteiger charge is -2.32. The Morgan fingerprint density at radius 2 is 1.76 bits per heavy atom. The van der Waals surface area contributed by atoms with Crippen LogP contribution in [0.2, 0.25) is 0 Å². The van der Waals surface area contributed by atoms with Crippen LogP contribution < -0.4 is 5.73 Å². The van der Waals surface area contributed by atoms with Crippen molar-refractivity contribution in [2.24, 2.45) is 0 Å². The standard InChI is InChI=1S/C19H18F7N5O2/c20-11-7-10-1-2-12-13(27)14(29-31(12)15(10)28-8-11)9-3-5-30(6-4-9)17(32)33-16(18(21,22)23)19(24,25)26/h7-9,16H,1-6,27H2. The van der Waals surface area contributed by atoms with Crippen LogP contribution in [0.5, 0.6) is 0 Å². The SMILES string of the molecule is Nc1c(C2CCN(C(=O)OC(C(F)(F)F)C(F)(F)F)CC2)nn2c1CCc1cc(F)cnc1-2. The fraction of sp³-hybridized carbons (Fsp3) is 0.526. The average Bonchev–Trinajstić information content (AvgIpc) is 3.07. The van der Waals surface area contributed by atoms with Gasteiger partial charge >= 0.3 is 18.4 Å². The molecule has 1 amide bonds. The van der Waals surface area contributed by atoms with Crippen LogP contribution in [-0.2, 0) is 17.6 Å². The summed E-state index contributed by atoms with van der Waals surface area (Å²) in [6.45, 7) is -0.263. The molecule has 2 aliphatic rings. The van der Waals surface area contributed by atoms with E-state index in [9.17, 15) is 35.5 Å². The lowest BCUT2D eigenvalue weighted by molar-refractivity contribution is -0.308. The molecule has 0 bridgehead atoms. The molecule has 33 heavy (non-hydrogen) atoms. The molecule has 2 aromatic heterocycles. The summed E-state index contributed by atoms with van der Waals surface area (Å²) >= 11 is 0. The number of carbonyl (C=O) groups is 1. The number of nitrogen functional groups attached to an aromatic ring is 1. The Balaban J connectivity index is 1.46. The Hall–Kier alpha value is -3.06. The van der Waals surface area contributed by atoms with Crippen LogP contribution in [0.25, 0.3) is 5.82 Å². The number of amides is 1. The molecule has 4 heterocycles. The van der Waals surface area contributed by atoms with E-state index in [4.69, 9.17) is 5.73 Å². The van der Waals surface area contributed by atoms with Gasteiger partial charge < -0.3 is 15.4 Å². The first-order chi connectivity index (χ1) is 15.4. The second-order valence-corrected chi connectivity index (χ2v) is 7.90. The van der Waals surface area contributed by atoms with Gasteiger partial charge in [0.25, 0.3) is 6.10 Å². The number of ether oxygens (including phenoxy) is 1. The molecule has 0 unspecified atom stereocenters. The number of anilines is 1. The van der Waals surface area contributed by atoms with E-state index in [2.05, 4.69) is 14.8 Å². The zero-order valence-corrected chi connectivity index (χ0v) is 16.9. The second-order valence-electron chi connectivity index (χ2n) is 7.90. The van der Waals surface area contributed by atoms with Gasteiger partial charge in [-0.2, -0.15) is 31.4 Å². The molecule has 14 heteroatoms. The van der Waals surface area contributed by atoms with Gasteiger partial charge in [0.2, 0.25) is 0 Å². The number of nitrogens with two attached hydrogens (primary N) is 1. The Kier molecular flexibility index (Phi) is 5.65. The van der Waals surface area contributed by atoms with Gasteiger partial charge in [0.1, 0.15) is 5.82 Å². The van der Waals surface area contributed by atoms with Gasteiger partial charge in [0.15, 0.2) is 5.82 Å². The van der Waals surface area contributed by atoms with Crippen molar-refractivity contribution in [1.29, 1.82) is 0 Å². The van der Waals surface area contributed by atoms with E-state index < -0.39 is 30.4 Å². The maximum absolute atomic E-state index is 13.5. The summed E-state index contributed by atoms with van der Waals surface area (Å²) in [6, 6.07) is 1.36. The van der Waals surface area contributed by atoms with Crippen LogP contribution in [0.15, 0.2) is 12.3 Å². The number of nitrogens with zero attached hydrogens (tertiary/aromatic N) is 4. The molecule has 0 aliphatic carbocycles. The highest BCUT2D eigenvalue weighted by molar-refractivity contribution is 5.68. The van der Waals surface area contributed by atoms with Crippen molar-refractivity contribution in [3.05, 3.63) is 35.0 Å². The van der Waals surface area contributed by atoms with Gasteiger partial charge in [-0.1, -0.05) is 0 Å². The van der Waals surface area contributed by atoms with Crippen molar-refractivity contribution in [3.8, 4) is 5.82 Å². The van der Waals surface area contributed by atoms with Gasteiger partial charge in [0, 0.05) is 24.6 Å². The minimum atomic E-state index is -5.77. The zero-order valence-electron chi connectivity index (χ0n) is 16.9. The zero-order chi connectivity index (χ0) is 24.1. The molecule has 180 valence electrons. The summed E-state index contributed by atoms with van der Waals surface area (Å²) in [6.07, 6.45) is -14.9. The molecule has 0 radical (unpaired) electrons. The number of aryl methyl sites for hydroxylation is 1. The molecular weight excluding hydrogens is 463 g/mol. The fourth-order valence-corrected chi connectivity index (χ4v) is 4.13. The molecule has 0 atom stereocenters. The first kappa shape index (κ1) is 23.1.